The van der Waals surface area contributed by atoms with Crippen molar-refractivity contribution in [2.75, 3.05) is 59.2 Å². The highest BCUT2D eigenvalue weighted by atomic mass is 16.5. The molecule has 12 heteroatoms. The van der Waals surface area contributed by atoms with Crippen LogP contribution in [0.1, 0.15) is 341 Å². The number of carbonyl (C=O) groups excluding carboxylic acids is 4. The molecule has 0 aliphatic carbocycles. The number of allylic oxidation sites excluding steroid dienone is 4. The highest BCUT2D eigenvalue weighted by Gasteiger charge is 2.12. The van der Waals surface area contributed by atoms with Crippen LogP contribution in [-0.2, 0) is 51.2 Å². The summed E-state index contributed by atoms with van der Waals surface area (Å²) in [6, 6.07) is 0. The van der Waals surface area contributed by atoms with Crippen LogP contribution >= 0.6 is 0 Å². The van der Waals surface area contributed by atoms with Crippen LogP contribution in [0.25, 0.3) is 0 Å². The molecule has 1 heterocycles. The van der Waals surface area contributed by atoms with E-state index in [4.69, 9.17) is 24.0 Å². The second-order valence-corrected chi connectivity index (χ2v) is 25.7. The van der Waals surface area contributed by atoms with Crippen molar-refractivity contribution >= 4 is 23.9 Å². The molecule has 0 saturated heterocycles. The molecule has 520 valence electrons. The standard InChI is InChI=1S/C78H140N4O8/c1-5-9-13-17-29-41-53-67-87-75(83)57-45-33-21-25-37-49-61-80(62-50-38-26-22-34-46-58-76(84)88-68-54-42-30-18-14-10-6-2)65-66-82-73-74(71-79-82)72-81(63-51-39-27-23-35-47-59-77(85)89-69-55-43-31-19-15-11-7-3)64-52-40-28-24-36-48-60-78(86)90-70-56-44-32-20-16-12-8-4/h41-44,53-56,71,73H,5-40,45-52,57-70,72H2,1-4H3/b53-41-,54-42-,55-43-,56-44-. The lowest BCUT2D eigenvalue weighted by atomic mass is 10.1. The molecule has 0 bridgehead atoms. The van der Waals surface area contributed by atoms with E-state index in [9.17, 15) is 19.2 Å². The molecule has 0 atom stereocenters. The van der Waals surface area contributed by atoms with Crippen LogP contribution in [0.2, 0.25) is 0 Å². The zero-order chi connectivity index (χ0) is 64.9. The molecule has 0 aliphatic heterocycles. The van der Waals surface area contributed by atoms with Crippen molar-refractivity contribution < 1.29 is 38.1 Å². The van der Waals surface area contributed by atoms with Crippen molar-refractivity contribution in [1.82, 2.24) is 19.6 Å². The van der Waals surface area contributed by atoms with E-state index in [0.29, 0.717) is 52.1 Å². The first-order valence-corrected chi connectivity index (χ1v) is 38.0. The summed E-state index contributed by atoms with van der Waals surface area (Å²) in [4.78, 5) is 54.5. The van der Waals surface area contributed by atoms with Gasteiger partial charge in [0.15, 0.2) is 0 Å². The number of esters is 4. The zero-order valence-corrected chi connectivity index (χ0v) is 59.0. The van der Waals surface area contributed by atoms with Gasteiger partial charge in [0.1, 0.15) is 26.4 Å². The molecular formula is C78H140N4O8. The third kappa shape index (κ3) is 60.2. The quantitative estimate of drug-likeness (QED) is 0.0267. The maximum Gasteiger partial charge on any atom is 0.306 e. The van der Waals surface area contributed by atoms with Gasteiger partial charge in [-0.05, 0) is 129 Å². The number of ether oxygens (including phenoxy) is 4. The number of hydrogen-bond acceptors (Lipinski definition) is 11. The van der Waals surface area contributed by atoms with Gasteiger partial charge in [-0.25, -0.2) is 0 Å². The van der Waals surface area contributed by atoms with E-state index in [1.54, 1.807) is 0 Å². The Kier molecular flexibility index (Phi) is 63.3. The van der Waals surface area contributed by atoms with Gasteiger partial charge < -0.3 is 23.8 Å². The predicted molar refractivity (Wildman–Crippen MR) is 379 cm³/mol. The Balaban J connectivity index is 2.72. The fraction of sp³-hybridized carbons (Fsp3) is 0.808. The molecule has 90 heavy (non-hydrogen) atoms. The molecule has 0 N–H and O–H groups in total. The minimum absolute atomic E-state index is 0.0773. The third-order valence-electron chi connectivity index (χ3n) is 17.1. The largest absolute Gasteiger partial charge is 0.461 e. The molecule has 0 spiro atoms. The summed E-state index contributed by atoms with van der Waals surface area (Å²) >= 11 is 0. The molecule has 1 aromatic rings. The molecule has 0 radical (unpaired) electrons. The fourth-order valence-electron chi connectivity index (χ4n) is 11.3. The number of hydrogen-bond donors (Lipinski definition) is 0. The minimum Gasteiger partial charge on any atom is -0.461 e. The molecule has 0 aliphatic rings. The first-order chi connectivity index (χ1) is 44.3. The molecule has 0 aromatic carbocycles. The van der Waals surface area contributed by atoms with E-state index in [1.165, 1.54) is 185 Å². The predicted octanol–water partition coefficient (Wildman–Crippen LogP) is 21.2. The topological polar surface area (TPSA) is 130 Å². The molecular weight excluding hydrogens is 1120 g/mol. The van der Waals surface area contributed by atoms with Crippen molar-refractivity contribution in [2.24, 2.45) is 0 Å². The summed E-state index contributed by atoms with van der Waals surface area (Å²) in [5.41, 5.74) is 1.28. The number of aromatic nitrogens is 2. The van der Waals surface area contributed by atoms with Crippen molar-refractivity contribution in [2.45, 2.75) is 349 Å². The Morgan fingerprint density at radius 1 is 0.333 bits per heavy atom. The second-order valence-electron chi connectivity index (χ2n) is 25.7. The minimum atomic E-state index is -0.0782. The molecule has 12 nitrogen and oxygen atoms in total. The average molecular weight is 1260 g/mol. The average Bonchev–Trinajstić information content (AvgIpc) is 4.24. The van der Waals surface area contributed by atoms with Gasteiger partial charge in [-0.3, -0.25) is 28.8 Å². The molecule has 1 rings (SSSR count). The van der Waals surface area contributed by atoms with Gasteiger partial charge in [-0.2, -0.15) is 5.10 Å². The van der Waals surface area contributed by atoms with Crippen molar-refractivity contribution in [3.8, 4) is 0 Å². The highest BCUT2D eigenvalue weighted by Crippen LogP contribution is 2.17. The van der Waals surface area contributed by atoms with Gasteiger partial charge in [-0.15, -0.1) is 0 Å². The number of carbonyl (C=O) groups is 4. The number of rotatable bonds is 69. The van der Waals surface area contributed by atoms with E-state index >= 15 is 0 Å². The molecule has 0 amide bonds. The van der Waals surface area contributed by atoms with Crippen LogP contribution < -0.4 is 0 Å². The number of unbranched alkanes of at least 4 members (excludes halogenated alkanes) is 36. The van der Waals surface area contributed by atoms with Crippen LogP contribution in [0.4, 0.5) is 0 Å². The summed E-state index contributed by atoms with van der Waals surface area (Å²) in [5.74, 6) is -0.311. The second kappa shape index (κ2) is 67.8. The van der Waals surface area contributed by atoms with Crippen LogP contribution in [0.5, 0.6) is 0 Å². The summed E-state index contributed by atoms with van der Waals surface area (Å²) in [6.45, 7) is 17.6. The van der Waals surface area contributed by atoms with Crippen molar-refractivity contribution in [1.29, 1.82) is 0 Å². The summed E-state index contributed by atoms with van der Waals surface area (Å²) in [6.07, 6.45) is 74.0. The fourth-order valence-corrected chi connectivity index (χ4v) is 11.3. The Labute approximate surface area is 553 Å². The summed E-state index contributed by atoms with van der Waals surface area (Å²) < 4.78 is 23.9. The van der Waals surface area contributed by atoms with Gasteiger partial charge in [0.2, 0.25) is 0 Å². The summed E-state index contributed by atoms with van der Waals surface area (Å²) in [7, 11) is 0. The van der Waals surface area contributed by atoms with E-state index in [2.05, 4.69) is 78.9 Å². The normalized spacial score (nSPS) is 11.9. The van der Waals surface area contributed by atoms with E-state index < -0.39 is 0 Å². The van der Waals surface area contributed by atoms with Crippen LogP contribution in [-0.4, -0.2) is 103 Å². The van der Waals surface area contributed by atoms with Gasteiger partial charge in [-0.1, -0.05) is 256 Å². The van der Waals surface area contributed by atoms with Gasteiger partial charge in [0.05, 0.1) is 12.7 Å². The maximum atomic E-state index is 12.3. The lowest BCUT2D eigenvalue weighted by Crippen LogP contribution is -2.30. The smallest absolute Gasteiger partial charge is 0.306 e. The van der Waals surface area contributed by atoms with Crippen molar-refractivity contribution in [3.05, 3.63) is 66.6 Å². The molecule has 1 aromatic heterocycles. The molecule has 0 unspecified atom stereocenters. The maximum absolute atomic E-state index is 12.3. The first kappa shape index (κ1) is 84.0. The SMILES string of the molecule is CCCCCC/C=C\COC(=O)CCCCCCCCN(CCCCCCCCC(=O)OC/C=C\CCCCCC)CCn1cc(CN(CCCCCCCCC(=O)OC/C=C\CCCCCC)CCCCCCCCC(=O)OC/C=C\CCCCCC)cn1. The highest BCUT2D eigenvalue weighted by molar-refractivity contribution is 5.70. The van der Waals surface area contributed by atoms with Crippen molar-refractivity contribution in [3.63, 3.8) is 0 Å². The monoisotopic (exact) mass is 1260 g/mol. The van der Waals surface area contributed by atoms with Crippen LogP contribution in [0, 0.1) is 0 Å². The van der Waals surface area contributed by atoms with E-state index in [-0.39, 0.29) is 23.9 Å². The first-order valence-electron chi connectivity index (χ1n) is 38.0. The Morgan fingerprint density at radius 2 is 0.600 bits per heavy atom. The van der Waals surface area contributed by atoms with Crippen LogP contribution in [0.3, 0.4) is 0 Å². The van der Waals surface area contributed by atoms with Gasteiger partial charge in [0.25, 0.3) is 0 Å². The van der Waals surface area contributed by atoms with E-state index in [0.717, 1.165) is 149 Å². The Bertz CT molecular complexity index is 1770. The Morgan fingerprint density at radius 3 is 0.900 bits per heavy atom. The van der Waals surface area contributed by atoms with E-state index in [1.807, 2.05) is 24.3 Å². The number of nitrogens with zero attached hydrogens (tertiary/aromatic N) is 4. The molecule has 0 saturated carbocycles. The van der Waals surface area contributed by atoms with Gasteiger partial charge in [0, 0.05) is 50.5 Å². The lowest BCUT2D eigenvalue weighted by molar-refractivity contribution is -0.143. The molecule has 0 fully saturated rings. The zero-order valence-electron chi connectivity index (χ0n) is 59.0. The summed E-state index contributed by atoms with van der Waals surface area (Å²) in [5, 5.41) is 4.91. The lowest BCUT2D eigenvalue weighted by Gasteiger charge is -2.23. The van der Waals surface area contributed by atoms with Crippen LogP contribution in [0.15, 0.2) is 61.0 Å². The van der Waals surface area contributed by atoms with Gasteiger partial charge >= 0.3 is 23.9 Å². The third-order valence-corrected chi connectivity index (χ3v) is 17.1. The Hall–Kier alpha value is -4.03.